The highest BCUT2D eigenvalue weighted by Gasteiger charge is 2.34. The highest BCUT2D eigenvalue weighted by molar-refractivity contribution is 8.01. The number of rotatable bonds is 5. The third-order valence-electron chi connectivity index (χ3n) is 3.14. The number of nitriles is 1. The first-order chi connectivity index (χ1) is 8.78. The molecular formula is C14H17NO2S. The summed E-state index contributed by atoms with van der Waals surface area (Å²) in [6.45, 7) is 0.590. The molecule has 1 atom stereocenters. The summed E-state index contributed by atoms with van der Waals surface area (Å²) < 4.78 is 10.5. The van der Waals surface area contributed by atoms with Gasteiger partial charge in [-0.3, -0.25) is 0 Å². The normalized spacial score (nSPS) is 22.4. The van der Waals surface area contributed by atoms with E-state index < -0.39 is 0 Å². The Labute approximate surface area is 112 Å². The highest BCUT2D eigenvalue weighted by Crippen LogP contribution is 2.40. The van der Waals surface area contributed by atoms with Gasteiger partial charge in [-0.1, -0.05) is 0 Å². The fourth-order valence-corrected chi connectivity index (χ4v) is 3.30. The van der Waals surface area contributed by atoms with Gasteiger partial charge in [0, 0.05) is 6.42 Å². The van der Waals surface area contributed by atoms with Crippen LogP contribution in [0, 0.1) is 11.3 Å². The zero-order chi connectivity index (χ0) is 12.8. The Morgan fingerprint density at radius 1 is 1.33 bits per heavy atom. The fraction of sp³-hybridized carbons (Fsp3) is 0.500. The molecule has 96 valence electrons. The first kappa shape index (κ1) is 13.1. The van der Waals surface area contributed by atoms with Crippen molar-refractivity contribution in [2.45, 2.75) is 24.0 Å². The van der Waals surface area contributed by atoms with Gasteiger partial charge in [-0.15, -0.1) is 11.8 Å². The average Bonchev–Trinajstić information content (AvgIpc) is 2.89. The van der Waals surface area contributed by atoms with Crippen molar-refractivity contribution >= 4 is 11.8 Å². The van der Waals surface area contributed by atoms with E-state index in [9.17, 15) is 5.26 Å². The lowest BCUT2D eigenvalue weighted by molar-refractivity contribution is 0.298. The van der Waals surface area contributed by atoms with E-state index >= 15 is 0 Å². The summed E-state index contributed by atoms with van der Waals surface area (Å²) in [4.78, 5) is 0. The molecule has 0 saturated carbocycles. The molecule has 0 aromatic heterocycles. The Kier molecular flexibility index (Phi) is 4.38. The molecule has 3 nitrogen and oxygen atoms in total. The van der Waals surface area contributed by atoms with Gasteiger partial charge in [-0.25, -0.2) is 0 Å². The summed E-state index contributed by atoms with van der Waals surface area (Å²) in [7, 11) is 1.64. The second kappa shape index (κ2) is 6.01. The largest absolute Gasteiger partial charge is 0.497 e. The minimum atomic E-state index is -0.216. The first-order valence-corrected chi connectivity index (χ1v) is 7.09. The smallest absolute Gasteiger partial charge is 0.119 e. The Morgan fingerprint density at radius 2 is 2.06 bits per heavy atom. The molecule has 1 aliphatic rings. The second-order valence-corrected chi connectivity index (χ2v) is 5.81. The molecule has 0 amide bonds. The molecule has 1 heterocycles. The topological polar surface area (TPSA) is 42.2 Å². The van der Waals surface area contributed by atoms with E-state index in [1.807, 2.05) is 24.3 Å². The van der Waals surface area contributed by atoms with E-state index in [0.717, 1.165) is 36.5 Å². The van der Waals surface area contributed by atoms with E-state index in [2.05, 4.69) is 6.07 Å². The number of hydrogen-bond acceptors (Lipinski definition) is 4. The molecule has 1 saturated heterocycles. The maximum absolute atomic E-state index is 9.24. The lowest BCUT2D eigenvalue weighted by Gasteiger charge is -2.19. The lowest BCUT2D eigenvalue weighted by Crippen LogP contribution is -2.21. The number of ether oxygens (including phenoxy) is 2. The molecule has 1 unspecified atom stereocenters. The number of benzene rings is 1. The molecule has 4 heteroatoms. The minimum absolute atomic E-state index is 0.216. The Morgan fingerprint density at radius 3 is 2.61 bits per heavy atom. The number of methoxy groups -OCH3 is 1. The molecule has 1 fully saturated rings. The van der Waals surface area contributed by atoms with Gasteiger partial charge in [0.05, 0.1) is 19.8 Å². The molecule has 18 heavy (non-hydrogen) atoms. The van der Waals surface area contributed by atoms with Gasteiger partial charge in [0.2, 0.25) is 0 Å². The molecule has 0 spiro atoms. The molecule has 0 N–H and O–H groups in total. The van der Waals surface area contributed by atoms with Crippen molar-refractivity contribution in [3.63, 3.8) is 0 Å². The van der Waals surface area contributed by atoms with Crippen LogP contribution >= 0.6 is 11.8 Å². The van der Waals surface area contributed by atoms with E-state index in [1.165, 1.54) is 0 Å². The first-order valence-electron chi connectivity index (χ1n) is 6.10. The van der Waals surface area contributed by atoms with Crippen LogP contribution < -0.4 is 9.47 Å². The van der Waals surface area contributed by atoms with Gasteiger partial charge >= 0.3 is 0 Å². The van der Waals surface area contributed by atoms with Crippen LogP contribution in [0.15, 0.2) is 24.3 Å². The molecule has 0 aliphatic carbocycles. The van der Waals surface area contributed by atoms with E-state index in [4.69, 9.17) is 9.47 Å². The predicted molar refractivity (Wildman–Crippen MR) is 73.1 cm³/mol. The van der Waals surface area contributed by atoms with Gasteiger partial charge in [0.15, 0.2) is 0 Å². The minimum Gasteiger partial charge on any atom is -0.497 e. The number of hydrogen-bond donors (Lipinski definition) is 0. The van der Waals surface area contributed by atoms with E-state index in [-0.39, 0.29) is 4.75 Å². The predicted octanol–water partition coefficient (Wildman–Crippen LogP) is 3.25. The Hall–Kier alpha value is -1.34. The number of thioether (sulfide) groups is 1. The summed E-state index contributed by atoms with van der Waals surface area (Å²) in [5.74, 6) is 2.74. The van der Waals surface area contributed by atoms with Crippen LogP contribution in [0.3, 0.4) is 0 Å². The van der Waals surface area contributed by atoms with Crippen molar-refractivity contribution in [1.82, 2.24) is 0 Å². The maximum atomic E-state index is 9.24. The molecular weight excluding hydrogens is 246 g/mol. The maximum Gasteiger partial charge on any atom is 0.119 e. The van der Waals surface area contributed by atoms with Crippen LogP contribution in [0.25, 0.3) is 0 Å². The molecule has 0 radical (unpaired) electrons. The van der Waals surface area contributed by atoms with Crippen LogP contribution in [-0.2, 0) is 0 Å². The highest BCUT2D eigenvalue weighted by atomic mass is 32.2. The van der Waals surface area contributed by atoms with Crippen molar-refractivity contribution in [2.24, 2.45) is 0 Å². The quantitative estimate of drug-likeness (QED) is 0.817. The van der Waals surface area contributed by atoms with Crippen LogP contribution in [0.2, 0.25) is 0 Å². The fourth-order valence-electron chi connectivity index (χ4n) is 2.04. The second-order valence-electron chi connectivity index (χ2n) is 4.33. The standard InChI is InChI=1S/C14H17NO2S/c1-16-12-3-5-13(6-4-12)17-9-8-14(11-15)7-2-10-18-14/h3-6H,2,7-10H2,1H3. The van der Waals surface area contributed by atoms with Crippen molar-refractivity contribution in [3.05, 3.63) is 24.3 Å². The van der Waals surface area contributed by atoms with Gasteiger partial charge in [-0.2, -0.15) is 5.26 Å². The monoisotopic (exact) mass is 263 g/mol. The molecule has 2 rings (SSSR count). The van der Waals surface area contributed by atoms with Gasteiger partial charge in [0.25, 0.3) is 0 Å². The molecule has 1 aliphatic heterocycles. The van der Waals surface area contributed by atoms with Crippen LogP contribution in [-0.4, -0.2) is 24.2 Å². The van der Waals surface area contributed by atoms with Crippen LogP contribution in [0.5, 0.6) is 11.5 Å². The third kappa shape index (κ3) is 3.11. The summed E-state index contributed by atoms with van der Waals surface area (Å²) in [5.41, 5.74) is 0. The Bertz CT molecular complexity index is 418. The molecule has 0 bridgehead atoms. The third-order valence-corrected chi connectivity index (χ3v) is 4.69. The lowest BCUT2D eigenvalue weighted by atomic mass is 10.0. The Balaban J connectivity index is 1.82. The zero-order valence-corrected chi connectivity index (χ0v) is 11.3. The molecule has 1 aromatic rings. The average molecular weight is 263 g/mol. The van der Waals surface area contributed by atoms with Crippen molar-refractivity contribution < 1.29 is 9.47 Å². The zero-order valence-electron chi connectivity index (χ0n) is 10.5. The van der Waals surface area contributed by atoms with Gasteiger partial charge in [-0.05, 0) is 42.9 Å². The SMILES string of the molecule is COc1ccc(OCCC2(C#N)CCCS2)cc1. The van der Waals surface area contributed by atoms with Crippen LogP contribution in [0.4, 0.5) is 0 Å². The van der Waals surface area contributed by atoms with E-state index in [1.54, 1.807) is 18.9 Å². The molecule has 1 aromatic carbocycles. The summed E-state index contributed by atoms with van der Waals surface area (Å²) >= 11 is 1.77. The van der Waals surface area contributed by atoms with Crippen LogP contribution in [0.1, 0.15) is 19.3 Å². The van der Waals surface area contributed by atoms with Crippen molar-refractivity contribution in [2.75, 3.05) is 19.5 Å². The summed E-state index contributed by atoms with van der Waals surface area (Å²) in [6, 6.07) is 9.97. The summed E-state index contributed by atoms with van der Waals surface area (Å²) in [6.07, 6.45) is 2.92. The van der Waals surface area contributed by atoms with Gasteiger partial charge in [0.1, 0.15) is 16.2 Å². The van der Waals surface area contributed by atoms with Crippen molar-refractivity contribution in [1.29, 1.82) is 5.26 Å². The number of nitrogens with zero attached hydrogens (tertiary/aromatic N) is 1. The van der Waals surface area contributed by atoms with Crippen molar-refractivity contribution in [3.8, 4) is 17.6 Å². The van der Waals surface area contributed by atoms with Gasteiger partial charge < -0.3 is 9.47 Å². The summed E-state index contributed by atoms with van der Waals surface area (Å²) in [5, 5.41) is 9.24. The van der Waals surface area contributed by atoms with E-state index in [0.29, 0.717) is 6.61 Å².